The van der Waals surface area contributed by atoms with Crippen molar-refractivity contribution < 1.29 is 30.7 Å². The summed E-state index contributed by atoms with van der Waals surface area (Å²) in [4.78, 5) is 0. The molecule has 3 rings (SSSR count). The van der Waals surface area contributed by atoms with E-state index in [1.807, 2.05) is 48.7 Å². The van der Waals surface area contributed by atoms with Crippen LogP contribution in [-0.4, -0.2) is 29.4 Å². The summed E-state index contributed by atoms with van der Waals surface area (Å²) in [6.45, 7) is 3.15. The second kappa shape index (κ2) is 13.5. The SMILES string of the molecule is CO[Si](C)(/C=C\COCc1ccc(-[c-]2cccc2)cc1)OC.[Fe+2].c1cc[cH-]c1. The van der Waals surface area contributed by atoms with Crippen LogP contribution in [0.15, 0.2) is 90.6 Å². The largest absolute Gasteiger partial charge is 2.00 e. The van der Waals surface area contributed by atoms with E-state index < -0.39 is 8.56 Å². The van der Waals surface area contributed by atoms with Gasteiger partial charge in [0.2, 0.25) is 0 Å². The van der Waals surface area contributed by atoms with Gasteiger partial charge < -0.3 is 13.6 Å². The van der Waals surface area contributed by atoms with Crippen molar-refractivity contribution in [3.8, 4) is 11.1 Å². The third-order valence-electron chi connectivity index (χ3n) is 4.22. The molecular weight excluding hydrogens is 408 g/mol. The van der Waals surface area contributed by atoms with Gasteiger partial charge in [-0.3, -0.25) is 0 Å². The van der Waals surface area contributed by atoms with Gasteiger partial charge >= 0.3 is 25.6 Å². The number of ether oxygens (including phenoxy) is 1. The minimum atomic E-state index is -2.13. The van der Waals surface area contributed by atoms with E-state index in [0.29, 0.717) is 13.2 Å². The third-order valence-corrected chi connectivity index (χ3v) is 6.68. The van der Waals surface area contributed by atoms with Gasteiger partial charge in [-0.2, -0.15) is 30.3 Å². The topological polar surface area (TPSA) is 27.7 Å². The Morgan fingerprint density at radius 2 is 1.57 bits per heavy atom. The van der Waals surface area contributed by atoms with Gasteiger partial charge in [-0.05, 0) is 17.8 Å². The molecule has 5 heteroatoms. The molecule has 0 unspecified atom stereocenters. The summed E-state index contributed by atoms with van der Waals surface area (Å²) in [5, 5.41) is 0. The first-order valence-corrected chi connectivity index (χ1v) is 11.4. The van der Waals surface area contributed by atoms with Crippen molar-refractivity contribution in [2.24, 2.45) is 0 Å². The van der Waals surface area contributed by atoms with Gasteiger partial charge in [-0.1, -0.05) is 23.8 Å². The first-order valence-electron chi connectivity index (χ1n) is 9.00. The van der Waals surface area contributed by atoms with E-state index in [2.05, 4.69) is 48.5 Å². The Morgan fingerprint density at radius 1 is 0.964 bits per heavy atom. The first-order chi connectivity index (χ1) is 13.2. The van der Waals surface area contributed by atoms with Crippen molar-refractivity contribution in [3.05, 3.63) is 96.2 Å². The Balaban J connectivity index is 0.000000567. The van der Waals surface area contributed by atoms with Crippen molar-refractivity contribution in [1.82, 2.24) is 0 Å². The van der Waals surface area contributed by atoms with Crippen molar-refractivity contribution in [1.29, 1.82) is 0 Å². The molecule has 0 amide bonds. The summed E-state index contributed by atoms with van der Waals surface area (Å²) < 4.78 is 16.4. The van der Waals surface area contributed by atoms with Crippen LogP contribution in [0.4, 0.5) is 0 Å². The average Bonchev–Trinajstić information content (AvgIpc) is 3.44. The third kappa shape index (κ3) is 8.53. The van der Waals surface area contributed by atoms with Crippen molar-refractivity contribution in [2.45, 2.75) is 13.2 Å². The van der Waals surface area contributed by atoms with E-state index in [-0.39, 0.29) is 17.1 Å². The molecule has 3 nitrogen and oxygen atoms in total. The second-order valence-electron chi connectivity index (χ2n) is 6.17. The van der Waals surface area contributed by atoms with E-state index in [0.717, 1.165) is 0 Å². The van der Waals surface area contributed by atoms with Gasteiger partial charge in [0, 0.05) is 14.2 Å². The fraction of sp³-hybridized carbons (Fsp3) is 0.217. The van der Waals surface area contributed by atoms with Crippen LogP contribution in [-0.2, 0) is 37.3 Å². The van der Waals surface area contributed by atoms with Crippen molar-refractivity contribution in [2.75, 3.05) is 20.8 Å². The summed E-state index contributed by atoms with van der Waals surface area (Å²) in [7, 11) is 1.23. The van der Waals surface area contributed by atoms with Crippen LogP contribution < -0.4 is 0 Å². The van der Waals surface area contributed by atoms with Crippen LogP contribution in [0.3, 0.4) is 0 Å². The molecule has 0 aromatic heterocycles. The van der Waals surface area contributed by atoms with Crippen LogP contribution in [0.5, 0.6) is 0 Å². The average molecular weight is 436 g/mol. The number of benzene rings is 1. The molecule has 0 saturated heterocycles. The van der Waals surface area contributed by atoms with E-state index in [1.54, 1.807) is 14.2 Å². The molecule has 0 aliphatic carbocycles. The monoisotopic (exact) mass is 436 g/mol. The molecule has 0 atom stereocenters. The zero-order valence-electron chi connectivity index (χ0n) is 16.7. The number of hydrogen-bond donors (Lipinski definition) is 0. The minimum Gasteiger partial charge on any atom is -0.395 e. The van der Waals surface area contributed by atoms with Gasteiger partial charge in [-0.25, -0.2) is 12.1 Å². The maximum Gasteiger partial charge on any atom is 2.00 e. The molecule has 0 spiro atoms. The molecule has 0 aliphatic heterocycles. The zero-order valence-corrected chi connectivity index (χ0v) is 18.8. The maximum absolute atomic E-state index is 5.66. The number of hydrogen-bond acceptors (Lipinski definition) is 3. The Kier molecular flexibility index (Phi) is 11.7. The summed E-state index contributed by atoms with van der Waals surface area (Å²) >= 11 is 0. The Bertz CT molecular complexity index is 729. The molecule has 0 bridgehead atoms. The van der Waals surface area contributed by atoms with Crippen LogP contribution in [0.2, 0.25) is 6.55 Å². The Hall–Kier alpha value is -1.72. The molecule has 0 saturated carbocycles. The van der Waals surface area contributed by atoms with Crippen LogP contribution >= 0.6 is 0 Å². The van der Waals surface area contributed by atoms with Crippen molar-refractivity contribution >= 4 is 8.56 Å². The zero-order chi connectivity index (χ0) is 19.4. The predicted octanol–water partition coefficient (Wildman–Crippen LogP) is 5.45. The molecule has 0 heterocycles. The normalized spacial score (nSPS) is 11.0. The Morgan fingerprint density at radius 3 is 2.07 bits per heavy atom. The second-order valence-corrected chi connectivity index (χ2v) is 9.36. The van der Waals surface area contributed by atoms with Gasteiger partial charge in [0.05, 0.1) is 13.2 Å². The van der Waals surface area contributed by atoms with Crippen LogP contribution in [0.1, 0.15) is 5.56 Å². The van der Waals surface area contributed by atoms with E-state index in [9.17, 15) is 0 Å². The molecule has 0 radical (unpaired) electrons. The van der Waals surface area contributed by atoms with Crippen LogP contribution in [0, 0.1) is 0 Å². The molecule has 0 aliphatic rings. The maximum atomic E-state index is 5.66. The number of rotatable bonds is 8. The molecule has 0 N–H and O–H groups in total. The molecule has 0 fully saturated rings. The standard InChI is InChI=1S/C18H23O3Si.C5H5.Fe/c1-19-22(3,20-2)14-6-13-21-15-16-9-11-18(12-10-16)17-7-4-5-8-17;1-2-4-5-3-1;/h4-12,14H,13,15H2,1-3H3;1-5H;/q2*-1;+2/b14-6-;;. The smallest absolute Gasteiger partial charge is 0.395 e. The van der Waals surface area contributed by atoms with Gasteiger partial charge in [0.1, 0.15) is 0 Å². The fourth-order valence-corrected chi connectivity index (χ4v) is 3.37. The van der Waals surface area contributed by atoms with Gasteiger partial charge in [-0.15, -0.1) is 29.8 Å². The van der Waals surface area contributed by atoms with E-state index in [4.69, 9.17) is 13.6 Å². The molecular formula is C23H28FeO3Si. The fourth-order valence-electron chi connectivity index (χ4n) is 2.41. The summed E-state index contributed by atoms with van der Waals surface area (Å²) in [5.41, 5.74) is 5.64. The summed E-state index contributed by atoms with van der Waals surface area (Å²) in [5.74, 6) is 0. The molecule has 150 valence electrons. The predicted molar refractivity (Wildman–Crippen MR) is 114 cm³/mol. The molecule has 3 aromatic carbocycles. The van der Waals surface area contributed by atoms with E-state index in [1.165, 1.54) is 16.7 Å². The summed E-state index contributed by atoms with van der Waals surface area (Å²) in [6.07, 6.45) is 1.97. The Labute approximate surface area is 180 Å². The molecule has 3 aromatic rings. The van der Waals surface area contributed by atoms with Crippen LogP contribution in [0.25, 0.3) is 11.1 Å². The minimum absolute atomic E-state index is 0. The first kappa shape index (κ1) is 24.3. The quantitative estimate of drug-likeness (QED) is 0.267. The molecule has 28 heavy (non-hydrogen) atoms. The van der Waals surface area contributed by atoms with Gasteiger partial charge in [0.25, 0.3) is 0 Å². The summed E-state index contributed by atoms with van der Waals surface area (Å²) in [6, 6.07) is 26.8. The van der Waals surface area contributed by atoms with E-state index >= 15 is 0 Å². The van der Waals surface area contributed by atoms with Crippen molar-refractivity contribution in [3.63, 3.8) is 0 Å². The van der Waals surface area contributed by atoms with Gasteiger partial charge in [0.15, 0.2) is 0 Å².